The van der Waals surface area contributed by atoms with Crippen molar-refractivity contribution >= 4 is 17.6 Å². The van der Waals surface area contributed by atoms with Gasteiger partial charge in [-0.3, -0.25) is 0 Å². The third-order valence-corrected chi connectivity index (χ3v) is 6.39. The number of hydrogen-bond donors (Lipinski definition) is 2. The molecule has 2 heterocycles. The fraction of sp³-hybridized carbons (Fsp3) is 0.381. The van der Waals surface area contributed by atoms with E-state index in [1.165, 1.54) is 6.07 Å². The van der Waals surface area contributed by atoms with Crippen LogP contribution in [0.1, 0.15) is 24.8 Å². The number of rotatable bonds is 1. The lowest BCUT2D eigenvalue weighted by Crippen LogP contribution is -2.51. The lowest BCUT2D eigenvalue weighted by Gasteiger charge is -2.47. The summed E-state index contributed by atoms with van der Waals surface area (Å²) in [5, 5.41) is 10.3. The highest BCUT2D eigenvalue weighted by atomic mass is 35.5. The Morgan fingerprint density at radius 3 is 2.71 bits per heavy atom. The smallest absolute Gasteiger partial charge is 0.283 e. The summed E-state index contributed by atoms with van der Waals surface area (Å²) in [4.78, 5) is 4.70. The molecular weight excluding hydrogens is 383 g/mol. The first-order chi connectivity index (χ1) is 13.5. The molecule has 2 unspecified atom stereocenters. The van der Waals surface area contributed by atoms with Crippen molar-refractivity contribution in [1.29, 1.82) is 0 Å². The van der Waals surface area contributed by atoms with Crippen LogP contribution >= 0.6 is 11.6 Å². The first-order valence-electron chi connectivity index (χ1n) is 9.39. The molecule has 4 atom stereocenters. The first kappa shape index (κ1) is 17.8. The molecule has 3 aliphatic rings. The summed E-state index contributed by atoms with van der Waals surface area (Å²) in [6, 6.07) is 10.6. The molecule has 0 aromatic heterocycles. The zero-order chi connectivity index (χ0) is 19.5. The van der Waals surface area contributed by atoms with Gasteiger partial charge >= 0.3 is 0 Å². The number of fused-ring (bicyclic) bond motifs is 4. The van der Waals surface area contributed by atoms with E-state index in [-0.39, 0.29) is 29.2 Å². The van der Waals surface area contributed by atoms with Crippen LogP contribution in [-0.4, -0.2) is 29.9 Å². The van der Waals surface area contributed by atoms with E-state index in [1.54, 1.807) is 12.1 Å². The molecule has 2 aromatic rings. The molecule has 1 saturated carbocycles. The van der Waals surface area contributed by atoms with Crippen molar-refractivity contribution in [2.24, 2.45) is 16.6 Å². The number of amidine groups is 1. The molecule has 0 bridgehead atoms. The van der Waals surface area contributed by atoms with Crippen molar-refractivity contribution in [2.75, 3.05) is 6.61 Å². The molecular formula is C21H20ClFN2O3. The van der Waals surface area contributed by atoms with Gasteiger partial charge in [0.25, 0.3) is 6.02 Å². The number of nitrogens with zero attached hydrogens (tertiary/aromatic N) is 1. The molecule has 2 aliphatic heterocycles. The predicted molar refractivity (Wildman–Crippen MR) is 104 cm³/mol. The average Bonchev–Trinajstić information content (AvgIpc) is 3.07. The number of aliphatic hydroxyl groups excluding tert-OH is 1. The Morgan fingerprint density at radius 2 is 1.96 bits per heavy atom. The minimum atomic E-state index is -0.691. The summed E-state index contributed by atoms with van der Waals surface area (Å²) in [6.07, 6.45) is 1.62. The van der Waals surface area contributed by atoms with E-state index in [4.69, 9.17) is 31.8 Å². The molecule has 5 nitrogen and oxygen atoms in total. The number of aliphatic imine (C=N–C) groups is 1. The van der Waals surface area contributed by atoms with Crippen LogP contribution in [0.15, 0.2) is 41.4 Å². The van der Waals surface area contributed by atoms with Gasteiger partial charge in [-0.15, -0.1) is 0 Å². The Labute approximate surface area is 166 Å². The van der Waals surface area contributed by atoms with Gasteiger partial charge < -0.3 is 20.3 Å². The highest BCUT2D eigenvalue weighted by Gasteiger charge is 2.55. The maximum absolute atomic E-state index is 13.6. The van der Waals surface area contributed by atoms with Gasteiger partial charge in [-0.2, -0.15) is 0 Å². The Bertz CT molecular complexity index is 982. The van der Waals surface area contributed by atoms with E-state index >= 15 is 0 Å². The molecule has 0 amide bonds. The van der Waals surface area contributed by atoms with Gasteiger partial charge in [0.2, 0.25) is 0 Å². The van der Waals surface area contributed by atoms with Gasteiger partial charge in [0.15, 0.2) is 0 Å². The van der Waals surface area contributed by atoms with E-state index in [0.29, 0.717) is 19.4 Å². The molecule has 1 fully saturated rings. The molecule has 5 rings (SSSR count). The monoisotopic (exact) mass is 402 g/mol. The second-order valence-corrected chi connectivity index (χ2v) is 8.14. The molecule has 2 aromatic carbocycles. The van der Waals surface area contributed by atoms with Gasteiger partial charge in [-0.25, -0.2) is 9.38 Å². The number of hydrogen-bond acceptors (Lipinski definition) is 5. The van der Waals surface area contributed by atoms with Crippen LogP contribution in [0.25, 0.3) is 11.1 Å². The quantitative estimate of drug-likeness (QED) is 0.764. The number of aliphatic hydroxyl groups is 1. The highest BCUT2D eigenvalue weighted by molar-refractivity contribution is 6.31. The van der Waals surface area contributed by atoms with Crippen LogP contribution < -0.4 is 10.5 Å². The standard InChI is InChI=1S/C21H20ClFN2O3/c22-16-8-12(1-4-17(16)23)11-2-5-18-14(7-11)21(10-27-20(24)25-21)15-9-13(26)3-6-19(15)28-18/h1-2,4-5,7-8,13,15,19,26H,3,6,9-10H2,(H2,24,25)/t13-,15-,19?,21?/m0/s1. The van der Waals surface area contributed by atoms with Gasteiger partial charge in [0, 0.05) is 11.5 Å². The summed E-state index contributed by atoms with van der Waals surface area (Å²) >= 11 is 5.97. The Kier molecular flexibility index (Phi) is 4.03. The number of ether oxygens (including phenoxy) is 2. The molecule has 7 heteroatoms. The van der Waals surface area contributed by atoms with Crippen LogP contribution in [0.3, 0.4) is 0 Å². The van der Waals surface area contributed by atoms with E-state index in [9.17, 15) is 9.50 Å². The zero-order valence-electron chi connectivity index (χ0n) is 15.1. The van der Waals surface area contributed by atoms with Gasteiger partial charge in [-0.1, -0.05) is 23.7 Å². The average molecular weight is 403 g/mol. The summed E-state index contributed by atoms with van der Waals surface area (Å²) in [7, 11) is 0. The highest BCUT2D eigenvalue weighted by Crippen LogP contribution is 2.53. The minimum Gasteiger partial charge on any atom is -0.490 e. The summed E-state index contributed by atoms with van der Waals surface area (Å²) in [6.45, 7) is 0.316. The van der Waals surface area contributed by atoms with Crippen LogP contribution in [0.5, 0.6) is 5.75 Å². The summed E-state index contributed by atoms with van der Waals surface area (Å²) in [5.74, 6) is 0.261. The van der Waals surface area contributed by atoms with Gasteiger partial charge in [-0.05, 0) is 54.7 Å². The third kappa shape index (κ3) is 2.66. The van der Waals surface area contributed by atoms with Crippen molar-refractivity contribution in [1.82, 2.24) is 0 Å². The maximum Gasteiger partial charge on any atom is 0.283 e. The number of halogens is 2. The fourth-order valence-corrected chi connectivity index (χ4v) is 4.91. The lowest BCUT2D eigenvalue weighted by atomic mass is 9.67. The maximum atomic E-state index is 13.6. The summed E-state index contributed by atoms with van der Waals surface area (Å²) in [5.41, 5.74) is 7.76. The molecule has 1 aliphatic carbocycles. The van der Waals surface area contributed by atoms with Crippen LogP contribution in [-0.2, 0) is 10.3 Å². The Morgan fingerprint density at radius 1 is 1.18 bits per heavy atom. The second-order valence-electron chi connectivity index (χ2n) is 7.73. The van der Waals surface area contributed by atoms with Gasteiger partial charge in [0.1, 0.15) is 29.8 Å². The SMILES string of the molecule is NC1=NC2(CO1)c1cc(-c3ccc(F)c(Cl)c3)ccc1OC1CC[C@H](O)C[C@@H]12. The number of benzene rings is 2. The van der Waals surface area contributed by atoms with Crippen molar-refractivity contribution in [2.45, 2.75) is 37.0 Å². The summed E-state index contributed by atoms with van der Waals surface area (Å²) < 4.78 is 25.4. The van der Waals surface area contributed by atoms with Crippen molar-refractivity contribution in [3.05, 3.63) is 52.8 Å². The molecule has 146 valence electrons. The Hall–Kier alpha value is -2.31. The van der Waals surface area contributed by atoms with Crippen LogP contribution in [0.4, 0.5) is 4.39 Å². The second kappa shape index (κ2) is 6.36. The molecule has 28 heavy (non-hydrogen) atoms. The zero-order valence-corrected chi connectivity index (χ0v) is 15.8. The van der Waals surface area contributed by atoms with E-state index in [0.717, 1.165) is 28.9 Å². The fourth-order valence-electron chi connectivity index (χ4n) is 4.73. The normalized spacial score (nSPS) is 30.8. The lowest BCUT2D eigenvalue weighted by molar-refractivity contribution is -0.0359. The first-order valence-corrected chi connectivity index (χ1v) is 9.77. The van der Waals surface area contributed by atoms with Crippen LogP contribution in [0, 0.1) is 11.7 Å². The molecule has 1 spiro atoms. The van der Waals surface area contributed by atoms with Crippen molar-refractivity contribution in [3.8, 4) is 16.9 Å². The van der Waals surface area contributed by atoms with Crippen molar-refractivity contribution < 1.29 is 19.0 Å². The van der Waals surface area contributed by atoms with E-state index in [1.807, 2.05) is 18.2 Å². The largest absolute Gasteiger partial charge is 0.490 e. The molecule has 0 radical (unpaired) electrons. The number of nitrogens with two attached hydrogens (primary N) is 1. The van der Waals surface area contributed by atoms with Crippen LogP contribution in [0.2, 0.25) is 5.02 Å². The predicted octanol–water partition coefficient (Wildman–Crippen LogP) is 3.61. The molecule has 0 saturated heterocycles. The van der Waals surface area contributed by atoms with Gasteiger partial charge in [0.05, 0.1) is 11.1 Å². The van der Waals surface area contributed by atoms with E-state index in [2.05, 4.69) is 0 Å². The van der Waals surface area contributed by atoms with Crippen molar-refractivity contribution in [3.63, 3.8) is 0 Å². The molecule has 3 N–H and O–H groups in total. The van der Waals surface area contributed by atoms with E-state index < -0.39 is 11.4 Å². The Balaban J connectivity index is 1.65. The minimum absolute atomic E-state index is 0.0307. The topological polar surface area (TPSA) is 77.1 Å². The third-order valence-electron chi connectivity index (χ3n) is 6.10.